The predicted octanol–water partition coefficient (Wildman–Crippen LogP) is 4.69. The third-order valence-electron chi connectivity index (χ3n) is 4.86. The van der Waals surface area contributed by atoms with Crippen LogP contribution in [0.25, 0.3) is 17.2 Å². The quantitative estimate of drug-likeness (QED) is 0.684. The van der Waals surface area contributed by atoms with Gasteiger partial charge in [-0.15, -0.1) is 0 Å². The number of nitriles is 1. The number of urea groups is 1. The van der Waals surface area contributed by atoms with Gasteiger partial charge in [0.2, 0.25) is 5.71 Å². The molecule has 1 aliphatic heterocycles. The van der Waals surface area contributed by atoms with Gasteiger partial charge in [-0.25, -0.2) is 18.6 Å². The van der Waals surface area contributed by atoms with Crippen LogP contribution in [0.1, 0.15) is 24.0 Å². The number of pyridine rings is 1. The molecular formula is C21H16F2N4O2. The molecule has 8 heteroatoms. The van der Waals surface area contributed by atoms with Gasteiger partial charge in [0.25, 0.3) is 0 Å². The fourth-order valence-corrected chi connectivity index (χ4v) is 3.31. The zero-order valence-electron chi connectivity index (χ0n) is 15.3. The van der Waals surface area contributed by atoms with E-state index in [1.165, 1.54) is 12.3 Å². The first kappa shape index (κ1) is 18.6. The van der Waals surface area contributed by atoms with E-state index < -0.39 is 11.6 Å². The molecule has 0 spiro atoms. The van der Waals surface area contributed by atoms with Gasteiger partial charge in [0.1, 0.15) is 11.6 Å². The molecule has 4 rings (SSSR count). The van der Waals surface area contributed by atoms with Gasteiger partial charge in [0.05, 0.1) is 29.0 Å². The molecule has 1 aliphatic rings. The molecule has 2 amide bonds. The van der Waals surface area contributed by atoms with Crippen LogP contribution < -0.4 is 5.32 Å². The SMILES string of the molecule is N#Cc1cc(F)c(C=C2CCN(C(=O)Nc3ccnc4occc34)CC2)c(F)c1. The molecule has 3 heterocycles. The number of hydrogen-bond donors (Lipinski definition) is 1. The number of nitrogens with zero attached hydrogens (tertiary/aromatic N) is 3. The van der Waals surface area contributed by atoms with E-state index in [2.05, 4.69) is 10.3 Å². The van der Waals surface area contributed by atoms with Crippen molar-refractivity contribution >= 4 is 28.9 Å². The number of furan rings is 1. The van der Waals surface area contributed by atoms with Crippen LogP contribution in [0.4, 0.5) is 19.3 Å². The van der Waals surface area contributed by atoms with E-state index in [9.17, 15) is 13.6 Å². The summed E-state index contributed by atoms with van der Waals surface area (Å²) in [5.41, 5.74) is 1.68. The Kier molecular flexibility index (Phi) is 4.96. The number of hydrogen-bond acceptors (Lipinski definition) is 4. The average Bonchev–Trinajstić information content (AvgIpc) is 3.21. The number of nitrogens with one attached hydrogen (secondary N) is 1. The summed E-state index contributed by atoms with van der Waals surface area (Å²) < 4.78 is 33.4. The van der Waals surface area contributed by atoms with Crippen LogP contribution in [0.2, 0.25) is 0 Å². The van der Waals surface area contributed by atoms with Crippen LogP contribution in [0, 0.1) is 23.0 Å². The van der Waals surface area contributed by atoms with Crippen molar-refractivity contribution in [1.82, 2.24) is 9.88 Å². The Morgan fingerprint density at radius 2 is 1.97 bits per heavy atom. The molecule has 1 saturated heterocycles. The fraction of sp³-hybridized carbons (Fsp3) is 0.190. The fourth-order valence-electron chi connectivity index (χ4n) is 3.31. The summed E-state index contributed by atoms with van der Waals surface area (Å²) in [5, 5.41) is 12.3. The van der Waals surface area contributed by atoms with Crippen molar-refractivity contribution in [2.45, 2.75) is 12.8 Å². The van der Waals surface area contributed by atoms with Crippen LogP contribution in [0.3, 0.4) is 0 Å². The summed E-state index contributed by atoms with van der Waals surface area (Å²) in [5.74, 6) is -1.54. The lowest BCUT2D eigenvalue weighted by molar-refractivity contribution is 0.208. The molecular weight excluding hydrogens is 378 g/mol. The van der Waals surface area contributed by atoms with Crippen molar-refractivity contribution in [3.05, 3.63) is 65.1 Å². The largest absolute Gasteiger partial charge is 0.446 e. The van der Waals surface area contributed by atoms with Crippen LogP contribution in [-0.4, -0.2) is 29.0 Å². The first-order chi connectivity index (χ1) is 14.0. The number of aromatic nitrogens is 1. The van der Waals surface area contributed by atoms with Crippen molar-refractivity contribution in [3.63, 3.8) is 0 Å². The second-order valence-corrected chi connectivity index (χ2v) is 6.68. The third kappa shape index (κ3) is 3.80. The molecule has 3 aromatic rings. The van der Waals surface area contributed by atoms with Crippen LogP contribution in [-0.2, 0) is 0 Å². The van der Waals surface area contributed by atoms with E-state index in [0.29, 0.717) is 42.7 Å². The first-order valence-corrected chi connectivity index (χ1v) is 9.02. The third-order valence-corrected chi connectivity index (χ3v) is 4.86. The molecule has 0 unspecified atom stereocenters. The van der Waals surface area contributed by atoms with Crippen molar-refractivity contribution in [2.75, 3.05) is 18.4 Å². The molecule has 1 fully saturated rings. The maximum absolute atomic E-state index is 14.1. The van der Waals surface area contributed by atoms with E-state index in [0.717, 1.165) is 17.7 Å². The highest BCUT2D eigenvalue weighted by molar-refractivity contribution is 5.98. The maximum atomic E-state index is 14.1. The molecule has 29 heavy (non-hydrogen) atoms. The molecule has 0 aliphatic carbocycles. The molecule has 1 aromatic carbocycles. The maximum Gasteiger partial charge on any atom is 0.321 e. The summed E-state index contributed by atoms with van der Waals surface area (Å²) in [4.78, 5) is 18.3. The Hall–Kier alpha value is -3.73. The number of amides is 2. The minimum absolute atomic E-state index is 0.0588. The monoisotopic (exact) mass is 394 g/mol. The van der Waals surface area contributed by atoms with Gasteiger partial charge in [0, 0.05) is 24.8 Å². The first-order valence-electron chi connectivity index (χ1n) is 9.02. The Bertz CT molecular complexity index is 1130. The molecule has 0 atom stereocenters. The predicted molar refractivity (Wildman–Crippen MR) is 103 cm³/mol. The summed E-state index contributed by atoms with van der Waals surface area (Å²) in [7, 11) is 0. The van der Waals surface area contributed by atoms with Crippen molar-refractivity contribution < 1.29 is 18.0 Å². The van der Waals surface area contributed by atoms with E-state index in [-0.39, 0.29) is 17.2 Å². The minimum Gasteiger partial charge on any atom is -0.446 e. The number of anilines is 1. The van der Waals surface area contributed by atoms with Gasteiger partial charge in [-0.1, -0.05) is 5.57 Å². The Morgan fingerprint density at radius 3 is 2.66 bits per heavy atom. The molecule has 6 nitrogen and oxygen atoms in total. The highest BCUT2D eigenvalue weighted by Crippen LogP contribution is 2.25. The Balaban J connectivity index is 1.43. The number of benzene rings is 1. The summed E-state index contributed by atoms with van der Waals surface area (Å²) in [6.45, 7) is 0.855. The van der Waals surface area contributed by atoms with E-state index in [4.69, 9.17) is 9.68 Å². The zero-order chi connectivity index (χ0) is 20.4. The second kappa shape index (κ2) is 7.72. The molecule has 146 valence electrons. The van der Waals surface area contributed by atoms with E-state index in [1.54, 1.807) is 29.3 Å². The van der Waals surface area contributed by atoms with Crippen LogP contribution in [0.15, 0.2) is 46.7 Å². The minimum atomic E-state index is -0.768. The van der Waals surface area contributed by atoms with Gasteiger partial charge in [0.15, 0.2) is 0 Å². The highest BCUT2D eigenvalue weighted by atomic mass is 19.1. The number of likely N-dealkylation sites (tertiary alicyclic amines) is 1. The second-order valence-electron chi connectivity index (χ2n) is 6.68. The zero-order valence-corrected chi connectivity index (χ0v) is 15.3. The summed E-state index contributed by atoms with van der Waals surface area (Å²) >= 11 is 0. The average molecular weight is 394 g/mol. The normalized spacial score (nSPS) is 14.0. The number of carbonyl (C=O) groups excluding carboxylic acids is 1. The Morgan fingerprint density at radius 1 is 1.24 bits per heavy atom. The lowest BCUT2D eigenvalue weighted by atomic mass is 10.00. The highest BCUT2D eigenvalue weighted by Gasteiger charge is 2.21. The number of fused-ring (bicyclic) bond motifs is 1. The number of carbonyl (C=O) groups is 1. The lowest BCUT2D eigenvalue weighted by Crippen LogP contribution is -2.39. The smallest absolute Gasteiger partial charge is 0.321 e. The van der Waals surface area contributed by atoms with Crippen molar-refractivity contribution in [2.24, 2.45) is 0 Å². The topological polar surface area (TPSA) is 82.2 Å². The standard InChI is InChI=1S/C21H16F2N4O2/c22-17-10-14(12-24)11-18(23)16(17)9-13-2-6-27(7-3-13)21(28)26-19-1-5-25-20-15(19)4-8-29-20/h1,4-5,8-11H,2-3,6-7H2,(H,25,26,28). The van der Waals surface area contributed by atoms with Gasteiger partial charge >= 0.3 is 6.03 Å². The molecule has 0 radical (unpaired) electrons. The lowest BCUT2D eigenvalue weighted by Gasteiger charge is -2.28. The molecule has 0 saturated carbocycles. The van der Waals surface area contributed by atoms with Gasteiger partial charge in [-0.2, -0.15) is 5.26 Å². The van der Waals surface area contributed by atoms with Crippen molar-refractivity contribution in [3.8, 4) is 6.07 Å². The number of halogens is 2. The van der Waals surface area contributed by atoms with Crippen LogP contribution in [0.5, 0.6) is 0 Å². The molecule has 0 bridgehead atoms. The summed E-state index contributed by atoms with van der Waals surface area (Å²) in [6.07, 6.45) is 5.54. The van der Waals surface area contributed by atoms with Gasteiger partial charge in [-0.3, -0.25) is 0 Å². The molecule has 1 N–H and O–H groups in total. The summed E-state index contributed by atoms with van der Waals surface area (Å²) in [6, 6.07) is 6.93. The van der Waals surface area contributed by atoms with Gasteiger partial charge in [-0.05, 0) is 43.2 Å². The number of piperidine rings is 1. The Labute approximate surface area is 165 Å². The molecule has 2 aromatic heterocycles. The van der Waals surface area contributed by atoms with Crippen LogP contribution >= 0.6 is 0 Å². The number of rotatable bonds is 2. The van der Waals surface area contributed by atoms with E-state index >= 15 is 0 Å². The van der Waals surface area contributed by atoms with E-state index in [1.807, 2.05) is 0 Å². The van der Waals surface area contributed by atoms with Gasteiger partial charge < -0.3 is 14.6 Å². The van der Waals surface area contributed by atoms with Crippen molar-refractivity contribution in [1.29, 1.82) is 5.26 Å².